The van der Waals surface area contributed by atoms with Gasteiger partial charge in [-0.2, -0.15) is 0 Å². The molecule has 0 aliphatic heterocycles. The Morgan fingerprint density at radius 1 is 0.861 bits per heavy atom. The van der Waals surface area contributed by atoms with Crippen LogP contribution in [0, 0.1) is 6.92 Å². The number of hydrogen-bond acceptors (Lipinski definition) is 8. The summed E-state index contributed by atoms with van der Waals surface area (Å²) in [6, 6.07) is 25.9. The maximum absolute atomic E-state index is 6.31. The Morgan fingerprint density at radius 2 is 1.58 bits per heavy atom. The number of ether oxygens (including phenoxy) is 2. The van der Waals surface area contributed by atoms with E-state index in [1.165, 1.54) is 11.8 Å². The molecule has 182 valence electrons. The molecule has 9 heteroatoms. The standard InChI is InChI=1S/C27H25N5O3S/c1-18(26-30-28-19(2)35-26)36-27-31-29-25(32(27)22-14-8-10-16-24(22)33-3)17-34-23-15-9-7-13-21(23)20-11-5-4-6-12-20/h4-16,18H,17H2,1-3H3. The molecule has 1 atom stereocenters. The summed E-state index contributed by atoms with van der Waals surface area (Å²) in [5, 5.41) is 17.6. The smallest absolute Gasteiger partial charge is 0.229 e. The second kappa shape index (κ2) is 10.7. The molecule has 0 saturated heterocycles. The van der Waals surface area contributed by atoms with Gasteiger partial charge in [0, 0.05) is 12.5 Å². The number of rotatable bonds is 9. The number of para-hydroxylation sites is 3. The van der Waals surface area contributed by atoms with E-state index in [2.05, 4.69) is 32.5 Å². The first-order valence-corrected chi connectivity index (χ1v) is 12.3. The van der Waals surface area contributed by atoms with E-state index in [9.17, 15) is 0 Å². The quantitative estimate of drug-likeness (QED) is 0.226. The maximum atomic E-state index is 6.31. The Hall–Kier alpha value is -4.11. The topological polar surface area (TPSA) is 88.1 Å². The summed E-state index contributed by atoms with van der Waals surface area (Å²) in [6.45, 7) is 3.97. The molecule has 5 rings (SSSR count). The lowest BCUT2D eigenvalue weighted by Gasteiger charge is -2.16. The Kier molecular flexibility index (Phi) is 6.99. The molecule has 0 aliphatic rings. The maximum Gasteiger partial charge on any atom is 0.229 e. The molecule has 2 aromatic heterocycles. The minimum atomic E-state index is -0.128. The van der Waals surface area contributed by atoms with Crippen LogP contribution in [0.15, 0.2) is 88.4 Å². The van der Waals surface area contributed by atoms with Crippen molar-refractivity contribution in [2.24, 2.45) is 0 Å². The van der Waals surface area contributed by atoms with E-state index in [1.54, 1.807) is 14.0 Å². The van der Waals surface area contributed by atoms with Crippen LogP contribution < -0.4 is 9.47 Å². The Bertz CT molecular complexity index is 1450. The molecule has 8 nitrogen and oxygen atoms in total. The lowest BCUT2D eigenvalue weighted by atomic mass is 10.1. The van der Waals surface area contributed by atoms with Crippen molar-refractivity contribution in [1.82, 2.24) is 25.0 Å². The van der Waals surface area contributed by atoms with Crippen molar-refractivity contribution in [3.8, 4) is 28.3 Å². The third-order valence-corrected chi connectivity index (χ3v) is 6.56. The first-order chi connectivity index (χ1) is 17.6. The average molecular weight is 500 g/mol. The van der Waals surface area contributed by atoms with E-state index in [0.29, 0.717) is 28.5 Å². The highest BCUT2D eigenvalue weighted by molar-refractivity contribution is 7.99. The summed E-state index contributed by atoms with van der Waals surface area (Å²) >= 11 is 1.48. The Labute approximate surface area is 213 Å². The fourth-order valence-corrected chi connectivity index (χ4v) is 4.71. The van der Waals surface area contributed by atoms with Crippen molar-refractivity contribution in [1.29, 1.82) is 0 Å². The first-order valence-electron chi connectivity index (χ1n) is 11.5. The first kappa shape index (κ1) is 23.6. The lowest BCUT2D eigenvalue weighted by Crippen LogP contribution is -2.08. The van der Waals surface area contributed by atoms with Crippen molar-refractivity contribution in [2.75, 3.05) is 7.11 Å². The molecule has 0 amide bonds. The number of methoxy groups -OCH3 is 1. The van der Waals surface area contributed by atoms with Crippen LogP contribution in [0.25, 0.3) is 16.8 Å². The number of thioether (sulfide) groups is 1. The van der Waals surface area contributed by atoms with Gasteiger partial charge in [-0.15, -0.1) is 20.4 Å². The summed E-state index contributed by atoms with van der Waals surface area (Å²) < 4.78 is 19.5. The summed E-state index contributed by atoms with van der Waals surface area (Å²) in [7, 11) is 1.64. The number of hydrogen-bond donors (Lipinski definition) is 0. The van der Waals surface area contributed by atoms with E-state index in [4.69, 9.17) is 13.9 Å². The minimum Gasteiger partial charge on any atom is -0.495 e. The van der Waals surface area contributed by atoms with Crippen molar-refractivity contribution in [3.63, 3.8) is 0 Å². The van der Waals surface area contributed by atoms with Gasteiger partial charge in [0.15, 0.2) is 11.0 Å². The highest BCUT2D eigenvalue weighted by atomic mass is 32.2. The van der Waals surface area contributed by atoms with Gasteiger partial charge in [0.05, 0.1) is 18.0 Å². The van der Waals surface area contributed by atoms with E-state index in [0.717, 1.165) is 22.6 Å². The Balaban J connectivity index is 1.48. The minimum absolute atomic E-state index is 0.128. The zero-order chi connectivity index (χ0) is 24.9. The van der Waals surface area contributed by atoms with Crippen molar-refractivity contribution < 1.29 is 13.9 Å². The lowest BCUT2D eigenvalue weighted by molar-refractivity contribution is 0.293. The number of benzene rings is 3. The zero-order valence-corrected chi connectivity index (χ0v) is 21.0. The average Bonchev–Trinajstić information content (AvgIpc) is 3.54. The van der Waals surface area contributed by atoms with E-state index in [-0.39, 0.29) is 11.9 Å². The molecule has 0 aliphatic carbocycles. The molecule has 0 bridgehead atoms. The molecule has 0 spiro atoms. The molecule has 5 aromatic rings. The SMILES string of the molecule is COc1ccccc1-n1c(COc2ccccc2-c2ccccc2)nnc1SC(C)c1nnc(C)o1. The fraction of sp³-hybridized carbons (Fsp3) is 0.185. The van der Waals surface area contributed by atoms with Crippen LogP contribution in [0.1, 0.15) is 29.8 Å². The Morgan fingerprint density at radius 3 is 2.33 bits per heavy atom. The highest BCUT2D eigenvalue weighted by Gasteiger charge is 2.23. The van der Waals surface area contributed by atoms with Crippen LogP contribution in [0.5, 0.6) is 11.5 Å². The van der Waals surface area contributed by atoms with Gasteiger partial charge in [0.25, 0.3) is 0 Å². The third-order valence-electron chi connectivity index (χ3n) is 5.53. The molecule has 2 heterocycles. The normalized spacial score (nSPS) is 11.9. The van der Waals surface area contributed by atoms with Crippen LogP contribution in [0.4, 0.5) is 0 Å². The van der Waals surface area contributed by atoms with Gasteiger partial charge in [0.1, 0.15) is 18.1 Å². The summed E-state index contributed by atoms with van der Waals surface area (Å²) in [5.41, 5.74) is 2.91. The number of nitrogens with zero attached hydrogens (tertiary/aromatic N) is 5. The van der Waals surface area contributed by atoms with Gasteiger partial charge < -0.3 is 13.9 Å². The zero-order valence-electron chi connectivity index (χ0n) is 20.2. The molecular weight excluding hydrogens is 474 g/mol. The number of aryl methyl sites for hydroxylation is 1. The molecule has 1 unspecified atom stereocenters. The second-order valence-electron chi connectivity index (χ2n) is 7.98. The fourth-order valence-electron chi connectivity index (χ4n) is 3.80. The molecular formula is C27H25N5O3S. The van der Waals surface area contributed by atoms with Crippen molar-refractivity contribution in [3.05, 3.63) is 96.5 Å². The van der Waals surface area contributed by atoms with Gasteiger partial charge in [-0.3, -0.25) is 4.57 Å². The third kappa shape index (κ3) is 4.96. The van der Waals surface area contributed by atoms with E-state index in [1.807, 2.05) is 78.2 Å². The predicted octanol–water partition coefficient (Wildman–Crippen LogP) is 6.07. The van der Waals surface area contributed by atoms with Gasteiger partial charge >= 0.3 is 0 Å². The van der Waals surface area contributed by atoms with Crippen LogP contribution in [0.3, 0.4) is 0 Å². The van der Waals surface area contributed by atoms with Crippen molar-refractivity contribution in [2.45, 2.75) is 30.9 Å². The van der Waals surface area contributed by atoms with Gasteiger partial charge in [-0.05, 0) is 30.7 Å². The largest absolute Gasteiger partial charge is 0.495 e. The van der Waals surface area contributed by atoms with Crippen LogP contribution >= 0.6 is 11.8 Å². The molecule has 0 saturated carbocycles. The molecule has 0 fully saturated rings. The monoisotopic (exact) mass is 499 g/mol. The summed E-state index contributed by atoms with van der Waals surface area (Å²) in [6.07, 6.45) is 0. The van der Waals surface area contributed by atoms with Gasteiger partial charge in [-0.25, -0.2) is 0 Å². The molecule has 0 N–H and O–H groups in total. The van der Waals surface area contributed by atoms with Gasteiger partial charge in [0.2, 0.25) is 11.8 Å². The van der Waals surface area contributed by atoms with Crippen LogP contribution in [0.2, 0.25) is 0 Å². The summed E-state index contributed by atoms with van der Waals surface area (Å²) in [4.78, 5) is 0. The van der Waals surface area contributed by atoms with E-state index < -0.39 is 0 Å². The van der Waals surface area contributed by atoms with Crippen LogP contribution in [-0.4, -0.2) is 32.1 Å². The van der Waals surface area contributed by atoms with E-state index >= 15 is 0 Å². The van der Waals surface area contributed by atoms with Crippen LogP contribution in [-0.2, 0) is 6.61 Å². The predicted molar refractivity (Wildman–Crippen MR) is 137 cm³/mol. The van der Waals surface area contributed by atoms with Gasteiger partial charge in [-0.1, -0.05) is 72.4 Å². The molecule has 3 aromatic carbocycles. The highest BCUT2D eigenvalue weighted by Crippen LogP contribution is 2.37. The number of aromatic nitrogens is 5. The molecule has 0 radical (unpaired) electrons. The van der Waals surface area contributed by atoms with Crippen molar-refractivity contribution >= 4 is 11.8 Å². The molecule has 36 heavy (non-hydrogen) atoms. The second-order valence-corrected chi connectivity index (χ2v) is 9.28. The summed E-state index contributed by atoms with van der Waals surface area (Å²) in [5.74, 6) is 3.16.